The van der Waals surface area contributed by atoms with Crippen LogP contribution in [-0.2, 0) is 19.3 Å². The van der Waals surface area contributed by atoms with Gasteiger partial charge in [0.15, 0.2) is 5.58 Å². The first-order valence-corrected chi connectivity index (χ1v) is 20.1. The molecule has 0 bridgehead atoms. The molecule has 0 radical (unpaired) electrons. The molecule has 4 heteroatoms. The molecule has 0 atom stereocenters. The molecule has 2 aliphatic rings. The second-order valence-corrected chi connectivity index (χ2v) is 15.3. The lowest BCUT2D eigenvalue weighted by Gasteiger charge is -2.46. The SMILES string of the molecule is CCCCc1ccc(N2B3c4cc(CCCC)ccc4N(c4ccc(CCCC)cc4)c4cc(C)cc(c43)-c3ccc4c(oc5ccccc54)c32)cc1. The maximum Gasteiger partial charge on any atom is 0.333 e. The van der Waals surface area contributed by atoms with Crippen LogP contribution < -0.4 is 20.6 Å². The van der Waals surface area contributed by atoms with E-state index in [4.69, 9.17) is 4.42 Å². The van der Waals surface area contributed by atoms with E-state index in [2.05, 4.69) is 153 Å². The zero-order valence-electron chi connectivity index (χ0n) is 31.7. The molecular formula is C49H49BN2O. The highest BCUT2D eigenvalue weighted by atomic mass is 16.3. The standard InChI is InChI=1S/C49H49BN2O/c1-5-8-13-34-18-23-37(24-19-34)51-44-29-22-36(15-10-7-3)32-43(44)50-47-42(30-33(4)31-45(47)51)40-27-28-41-39-16-11-12-17-46(39)53-49(41)48(40)52(50)38-25-20-35(21-26-38)14-9-6-2/h11-12,16-32H,5-10,13-15H2,1-4H3. The fourth-order valence-electron chi connectivity index (χ4n) is 8.90. The van der Waals surface area contributed by atoms with E-state index in [9.17, 15) is 0 Å². The van der Waals surface area contributed by atoms with E-state index < -0.39 is 0 Å². The van der Waals surface area contributed by atoms with Gasteiger partial charge in [0.1, 0.15) is 5.58 Å². The van der Waals surface area contributed by atoms with Crippen molar-refractivity contribution in [2.24, 2.45) is 0 Å². The van der Waals surface area contributed by atoms with Gasteiger partial charge in [-0.15, -0.1) is 0 Å². The van der Waals surface area contributed by atoms with E-state index in [1.807, 2.05) is 0 Å². The zero-order chi connectivity index (χ0) is 36.1. The van der Waals surface area contributed by atoms with Gasteiger partial charge >= 0.3 is 6.85 Å². The molecule has 0 saturated heterocycles. The van der Waals surface area contributed by atoms with Crippen LogP contribution in [0.4, 0.5) is 28.4 Å². The second-order valence-electron chi connectivity index (χ2n) is 15.3. The van der Waals surface area contributed by atoms with E-state index in [1.54, 1.807) is 0 Å². The highest BCUT2D eigenvalue weighted by molar-refractivity contribution is 6.93. The molecule has 3 heterocycles. The normalized spacial score (nSPS) is 13.1. The smallest absolute Gasteiger partial charge is 0.333 e. The predicted molar refractivity (Wildman–Crippen MR) is 228 cm³/mol. The summed E-state index contributed by atoms with van der Waals surface area (Å²) in [6, 6.07) is 44.1. The minimum Gasteiger partial charge on any atom is -0.454 e. The van der Waals surface area contributed by atoms with Crippen molar-refractivity contribution in [1.29, 1.82) is 0 Å². The van der Waals surface area contributed by atoms with Crippen molar-refractivity contribution in [2.75, 3.05) is 9.71 Å². The van der Waals surface area contributed by atoms with Crippen LogP contribution in [0.25, 0.3) is 33.1 Å². The van der Waals surface area contributed by atoms with Crippen LogP contribution in [0.2, 0.25) is 0 Å². The van der Waals surface area contributed by atoms with Crippen LogP contribution in [0.3, 0.4) is 0 Å². The minimum absolute atomic E-state index is 0.0370. The summed E-state index contributed by atoms with van der Waals surface area (Å²) in [5, 5.41) is 2.33. The number of hydrogen-bond acceptors (Lipinski definition) is 3. The van der Waals surface area contributed by atoms with Crippen LogP contribution in [0.1, 0.15) is 81.5 Å². The largest absolute Gasteiger partial charge is 0.454 e. The highest BCUT2D eigenvalue weighted by Crippen LogP contribution is 2.50. The van der Waals surface area contributed by atoms with Gasteiger partial charge in [-0.05, 0) is 133 Å². The molecule has 0 amide bonds. The molecular weight excluding hydrogens is 643 g/mol. The van der Waals surface area contributed by atoms with E-state index in [-0.39, 0.29) is 6.85 Å². The van der Waals surface area contributed by atoms with Crippen molar-refractivity contribution in [1.82, 2.24) is 0 Å². The molecule has 2 aliphatic heterocycles. The average Bonchev–Trinajstić information content (AvgIpc) is 3.58. The number of unbranched alkanes of at least 4 members (excludes halogenated alkanes) is 3. The summed E-state index contributed by atoms with van der Waals surface area (Å²) < 4.78 is 6.91. The Labute approximate surface area is 315 Å². The molecule has 264 valence electrons. The lowest BCUT2D eigenvalue weighted by molar-refractivity contribution is 0.669. The Balaban J connectivity index is 1.34. The Morgan fingerprint density at radius 1 is 0.566 bits per heavy atom. The minimum atomic E-state index is -0.0370. The topological polar surface area (TPSA) is 19.6 Å². The fourth-order valence-corrected chi connectivity index (χ4v) is 8.90. The number of rotatable bonds is 11. The summed E-state index contributed by atoms with van der Waals surface area (Å²) in [5.41, 5.74) is 18.7. The van der Waals surface area contributed by atoms with Crippen molar-refractivity contribution in [3.05, 3.63) is 138 Å². The molecule has 6 aromatic carbocycles. The summed E-state index contributed by atoms with van der Waals surface area (Å²) in [5.74, 6) is 0. The Bertz CT molecular complexity index is 2440. The lowest BCUT2D eigenvalue weighted by atomic mass is 9.43. The molecule has 0 unspecified atom stereocenters. The number of benzene rings is 6. The Morgan fingerprint density at radius 2 is 1.21 bits per heavy atom. The molecule has 0 spiro atoms. The van der Waals surface area contributed by atoms with Crippen LogP contribution >= 0.6 is 0 Å². The average molecular weight is 693 g/mol. The number of para-hydroxylation sites is 1. The maximum absolute atomic E-state index is 6.91. The van der Waals surface area contributed by atoms with E-state index in [1.165, 1.54) is 106 Å². The van der Waals surface area contributed by atoms with Crippen molar-refractivity contribution in [3.63, 3.8) is 0 Å². The number of anilines is 5. The number of nitrogens with zero attached hydrogens (tertiary/aromatic N) is 2. The van der Waals surface area contributed by atoms with E-state index in [0.717, 1.165) is 46.9 Å². The van der Waals surface area contributed by atoms with Gasteiger partial charge in [0.25, 0.3) is 0 Å². The molecule has 0 aliphatic carbocycles. The number of aryl methyl sites for hydroxylation is 4. The second kappa shape index (κ2) is 14.0. The molecule has 0 fully saturated rings. The van der Waals surface area contributed by atoms with Gasteiger partial charge in [-0.2, -0.15) is 0 Å². The fraction of sp³-hybridized carbons (Fsp3) is 0.265. The highest BCUT2D eigenvalue weighted by Gasteiger charge is 2.46. The van der Waals surface area contributed by atoms with Crippen LogP contribution in [0.5, 0.6) is 0 Å². The van der Waals surface area contributed by atoms with Crippen LogP contribution in [0.15, 0.2) is 120 Å². The number of hydrogen-bond donors (Lipinski definition) is 0. The molecule has 53 heavy (non-hydrogen) atoms. The third kappa shape index (κ3) is 5.75. The first kappa shape index (κ1) is 33.6. The molecule has 9 rings (SSSR count). The predicted octanol–water partition coefficient (Wildman–Crippen LogP) is 12.6. The van der Waals surface area contributed by atoms with Crippen molar-refractivity contribution >= 4 is 68.1 Å². The monoisotopic (exact) mass is 692 g/mol. The van der Waals surface area contributed by atoms with Gasteiger partial charge in [-0.25, -0.2) is 0 Å². The third-order valence-corrected chi connectivity index (χ3v) is 11.6. The molecule has 0 saturated carbocycles. The molecule has 7 aromatic rings. The van der Waals surface area contributed by atoms with Gasteiger partial charge in [-0.1, -0.05) is 107 Å². The van der Waals surface area contributed by atoms with E-state index in [0.29, 0.717) is 0 Å². The Morgan fingerprint density at radius 3 is 1.91 bits per heavy atom. The summed E-state index contributed by atoms with van der Waals surface area (Å²) in [6.45, 7) is 9.05. The number of fused-ring (bicyclic) bond motifs is 8. The van der Waals surface area contributed by atoms with Gasteiger partial charge in [0, 0.05) is 39.1 Å². The molecule has 0 N–H and O–H groups in total. The van der Waals surface area contributed by atoms with Crippen LogP contribution in [0, 0.1) is 6.92 Å². The molecule has 1 aromatic heterocycles. The molecule has 3 nitrogen and oxygen atoms in total. The van der Waals surface area contributed by atoms with Crippen molar-refractivity contribution in [3.8, 4) is 11.1 Å². The van der Waals surface area contributed by atoms with Crippen LogP contribution in [-0.4, -0.2) is 6.85 Å². The van der Waals surface area contributed by atoms with Gasteiger partial charge in [0.2, 0.25) is 0 Å². The number of furan rings is 1. The van der Waals surface area contributed by atoms with Gasteiger partial charge in [0.05, 0.1) is 5.69 Å². The van der Waals surface area contributed by atoms with Crippen molar-refractivity contribution in [2.45, 2.75) is 85.5 Å². The summed E-state index contributed by atoms with van der Waals surface area (Å²) in [4.78, 5) is 5.17. The van der Waals surface area contributed by atoms with Gasteiger partial charge in [-0.3, -0.25) is 0 Å². The summed E-state index contributed by atoms with van der Waals surface area (Å²) in [7, 11) is 0. The first-order valence-electron chi connectivity index (χ1n) is 20.1. The summed E-state index contributed by atoms with van der Waals surface area (Å²) >= 11 is 0. The van der Waals surface area contributed by atoms with Crippen molar-refractivity contribution < 1.29 is 4.42 Å². The zero-order valence-corrected chi connectivity index (χ0v) is 31.7. The van der Waals surface area contributed by atoms with E-state index >= 15 is 0 Å². The maximum atomic E-state index is 6.91. The first-order chi connectivity index (χ1) is 26.1. The lowest BCUT2D eigenvalue weighted by Crippen LogP contribution is -2.61. The summed E-state index contributed by atoms with van der Waals surface area (Å²) in [6.07, 6.45) is 10.5. The van der Waals surface area contributed by atoms with Gasteiger partial charge < -0.3 is 14.1 Å². The Kier molecular flexibility index (Phi) is 8.86. The third-order valence-electron chi connectivity index (χ3n) is 11.6. The Hall–Kier alpha value is -5.22. The quantitative estimate of drug-likeness (QED) is 0.126.